The Hall–Kier alpha value is -2.12. The zero-order chi connectivity index (χ0) is 18.4. The first-order valence-corrected chi connectivity index (χ1v) is 9.76. The number of nitrogens with one attached hydrogen (secondary N) is 2. The Bertz CT molecular complexity index is 945. The van der Waals surface area contributed by atoms with Crippen LogP contribution in [0.25, 0.3) is 0 Å². The lowest BCUT2D eigenvalue weighted by molar-refractivity contribution is 0.101. The number of amides is 1. The van der Waals surface area contributed by atoms with Crippen LogP contribution in [0.2, 0.25) is 0 Å². The molecule has 2 heterocycles. The molecule has 0 saturated heterocycles. The summed E-state index contributed by atoms with van der Waals surface area (Å²) in [5.74, 6) is -0.295. The van der Waals surface area contributed by atoms with E-state index in [1.165, 1.54) is 6.20 Å². The molecule has 0 radical (unpaired) electrons. The SMILES string of the molecule is Cc1ccc(NC(=O)c2c3c(cn2C)S(=O)(=O)N[C@@H](C)CC3)cc1C. The van der Waals surface area contributed by atoms with Gasteiger partial charge >= 0.3 is 0 Å². The molecule has 0 saturated carbocycles. The van der Waals surface area contributed by atoms with Crippen LogP contribution in [0, 0.1) is 13.8 Å². The number of anilines is 1. The van der Waals surface area contributed by atoms with Crippen molar-refractivity contribution in [2.75, 3.05) is 5.32 Å². The van der Waals surface area contributed by atoms with Gasteiger partial charge in [0, 0.05) is 30.5 Å². The smallest absolute Gasteiger partial charge is 0.272 e. The number of carbonyl (C=O) groups is 1. The van der Waals surface area contributed by atoms with Crippen molar-refractivity contribution in [3.8, 4) is 0 Å². The lowest BCUT2D eigenvalue weighted by atomic mass is 10.1. The number of aromatic nitrogens is 1. The van der Waals surface area contributed by atoms with Crippen molar-refractivity contribution in [2.24, 2.45) is 7.05 Å². The number of fused-ring (bicyclic) bond motifs is 1. The minimum absolute atomic E-state index is 0.154. The van der Waals surface area contributed by atoms with Gasteiger partial charge in [0.05, 0.1) is 0 Å². The maximum Gasteiger partial charge on any atom is 0.272 e. The molecule has 1 aliphatic rings. The summed E-state index contributed by atoms with van der Waals surface area (Å²) in [6.45, 7) is 5.83. The van der Waals surface area contributed by atoms with Crippen LogP contribution in [0.4, 0.5) is 5.69 Å². The molecule has 2 aromatic rings. The van der Waals surface area contributed by atoms with Gasteiger partial charge in [0.2, 0.25) is 10.0 Å². The van der Waals surface area contributed by atoms with Gasteiger partial charge in [-0.15, -0.1) is 0 Å². The van der Waals surface area contributed by atoms with Crippen LogP contribution in [0.5, 0.6) is 0 Å². The van der Waals surface area contributed by atoms with Crippen molar-refractivity contribution in [1.29, 1.82) is 0 Å². The minimum Gasteiger partial charge on any atom is -0.345 e. The third-order valence-corrected chi connectivity index (χ3v) is 6.34. The Morgan fingerprint density at radius 1 is 1.28 bits per heavy atom. The van der Waals surface area contributed by atoms with Gasteiger partial charge in [-0.25, -0.2) is 13.1 Å². The second kappa shape index (κ2) is 6.31. The summed E-state index contributed by atoms with van der Waals surface area (Å²) in [5, 5.41) is 2.89. The summed E-state index contributed by atoms with van der Waals surface area (Å²) in [7, 11) is -1.90. The maximum absolute atomic E-state index is 12.8. The molecule has 0 bridgehead atoms. The fraction of sp³-hybridized carbons (Fsp3) is 0.389. The summed E-state index contributed by atoms with van der Waals surface area (Å²) in [5.41, 5.74) is 3.92. The van der Waals surface area contributed by atoms with E-state index in [9.17, 15) is 13.2 Å². The summed E-state index contributed by atoms with van der Waals surface area (Å²) in [4.78, 5) is 13.0. The predicted molar refractivity (Wildman–Crippen MR) is 97.4 cm³/mol. The van der Waals surface area contributed by atoms with E-state index < -0.39 is 10.0 Å². The van der Waals surface area contributed by atoms with Crippen LogP contribution < -0.4 is 10.0 Å². The molecule has 2 N–H and O–H groups in total. The fourth-order valence-electron chi connectivity index (χ4n) is 3.18. The molecule has 1 aromatic carbocycles. The number of nitrogens with zero attached hydrogens (tertiary/aromatic N) is 1. The number of carbonyl (C=O) groups excluding carboxylic acids is 1. The molecule has 1 aliphatic heterocycles. The number of hydrogen-bond acceptors (Lipinski definition) is 3. The van der Waals surface area contributed by atoms with Gasteiger partial charge in [0.1, 0.15) is 10.6 Å². The highest BCUT2D eigenvalue weighted by molar-refractivity contribution is 7.89. The van der Waals surface area contributed by atoms with Crippen molar-refractivity contribution >= 4 is 21.6 Å². The second-order valence-corrected chi connectivity index (χ2v) is 8.43. The van der Waals surface area contributed by atoms with Gasteiger partial charge in [-0.1, -0.05) is 6.07 Å². The summed E-state index contributed by atoms with van der Waals surface area (Å²) in [6, 6.07) is 5.56. The second-order valence-electron chi connectivity index (χ2n) is 6.75. The van der Waals surface area contributed by atoms with E-state index in [0.29, 0.717) is 29.8 Å². The Labute approximate surface area is 148 Å². The van der Waals surface area contributed by atoms with Crippen LogP contribution in [-0.2, 0) is 23.5 Å². The first-order valence-electron chi connectivity index (χ1n) is 8.28. The monoisotopic (exact) mass is 361 g/mol. The Morgan fingerprint density at radius 2 is 2.00 bits per heavy atom. The molecule has 134 valence electrons. The molecule has 1 atom stereocenters. The molecule has 0 spiro atoms. The Morgan fingerprint density at radius 3 is 2.68 bits per heavy atom. The van der Waals surface area contributed by atoms with E-state index in [0.717, 1.165) is 11.1 Å². The van der Waals surface area contributed by atoms with Gasteiger partial charge in [-0.05, 0) is 56.9 Å². The Balaban J connectivity index is 1.99. The first-order chi connectivity index (χ1) is 11.7. The summed E-state index contributed by atoms with van der Waals surface area (Å²) < 4.78 is 29.2. The van der Waals surface area contributed by atoms with Crippen molar-refractivity contribution in [1.82, 2.24) is 9.29 Å². The molecule has 7 heteroatoms. The van der Waals surface area contributed by atoms with E-state index in [-0.39, 0.29) is 16.8 Å². The van der Waals surface area contributed by atoms with Crippen LogP contribution >= 0.6 is 0 Å². The van der Waals surface area contributed by atoms with Gasteiger partial charge in [-0.3, -0.25) is 4.79 Å². The highest BCUT2D eigenvalue weighted by Gasteiger charge is 2.31. The average Bonchev–Trinajstić information content (AvgIpc) is 2.81. The number of sulfonamides is 1. The lowest BCUT2D eigenvalue weighted by Crippen LogP contribution is -2.30. The summed E-state index contributed by atoms with van der Waals surface area (Å²) >= 11 is 0. The molecule has 0 fully saturated rings. The normalized spacial score (nSPS) is 19.1. The Kier molecular flexibility index (Phi) is 4.47. The quantitative estimate of drug-likeness (QED) is 0.862. The van der Waals surface area contributed by atoms with Crippen molar-refractivity contribution in [3.05, 3.63) is 46.8 Å². The van der Waals surface area contributed by atoms with Gasteiger partial charge in [-0.2, -0.15) is 0 Å². The van der Waals surface area contributed by atoms with Crippen LogP contribution in [0.1, 0.15) is 40.5 Å². The standard InChI is InChI=1S/C18H23N3O3S/c1-11-5-7-14(9-12(11)2)19-18(22)17-15-8-6-13(3)20-25(23,24)16(15)10-21(17)4/h5,7,9-10,13,20H,6,8H2,1-4H3,(H,19,22)/t13-/m0/s1. The number of benzene rings is 1. The van der Waals surface area contributed by atoms with E-state index in [1.54, 1.807) is 11.6 Å². The lowest BCUT2D eigenvalue weighted by Gasteiger charge is -2.11. The summed E-state index contributed by atoms with van der Waals surface area (Å²) in [6.07, 6.45) is 2.71. The molecule has 1 aromatic heterocycles. The number of hydrogen-bond donors (Lipinski definition) is 2. The van der Waals surface area contributed by atoms with Crippen molar-refractivity contribution < 1.29 is 13.2 Å². The van der Waals surface area contributed by atoms with Crippen molar-refractivity contribution in [3.63, 3.8) is 0 Å². The third-order valence-electron chi connectivity index (χ3n) is 4.70. The molecule has 0 unspecified atom stereocenters. The van der Waals surface area contributed by atoms with Gasteiger partial charge in [0.25, 0.3) is 5.91 Å². The zero-order valence-electron chi connectivity index (χ0n) is 14.9. The molecular weight excluding hydrogens is 338 g/mol. The topological polar surface area (TPSA) is 80.2 Å². The van der Waals surface area contributed by atoms with E-state index in [1.807, 2.05) is 39.0 Å². The first kappa shape index (κ1) is 17.7. The van der Waals surface area contributed by atoms with Crippen LogP contribution in [-0.4, -0.2) is 24.9 Å². The minimum atomic E-state index is -3.60. The molecule has 1 amide bonds. The van der Waals surface area contributed by atoms with Gasteiger partial charge < -0.3 is 9.88 Å². The van der Waals surface area contributed by atoms with Crippen molar-refractivity contribution in [2.45, 2.75) is 44.6 Å². The average molecular weight is 361 g/mol. The predicted octanol–water partition coefficient (Wildman–Crippen LogP) is 2.51. The molecule has 0 aliphatic carbocycles. The van der Waals surface area contributed by atoms with E-state index in [2.05, 4.69) is 10.0 Å². The fourth-order valence-corrected chi connectivity index (χ4v) is 4.77. The highest BCUT2D eigenvalue weighted by Crippen LogP contribution is 2.28. The van der Waals surface area contributed by atoms with E-state index in [4.69, 9.17) is 0 Å². The molecule has 6 nitrogen and oxygen atoms in total. The number of rotatable bonds is 2. The van der Waals surface area contributed by atoms with Crippen LogP contribution in [0.15, 0.2) is 29.3 Å². The third kappa shape index (κ3) is 3.34. The largest absolute Gasteiger partial charge is 0.345 e. The number of aryl methyl sites for hydroxylation is 3. The molecule has 3 rings (SSSR count). The molecular formula is C18H23N3O3S. The molecule has 25 heavy (non-hydrogen) atoms. The highest BCUT2D eigenvalue weighted by atomic mass is 32.2. The zero-order valence-corrected chi connectivity index (χ0v) is 15.7. The van der Waals surface area contributed by atoms with Gasteiger partial charge in [0.15, 0.2) is 0 Å². The van der Waals surface area contributed by atoms with Crippen LogP contribution in [0.3, 0.4) is 0 Å². The van der Waals surface area contributed by atoms with E-state index >= 15 is 0 Å². The maximum atomic E-state index is 12.8.